The normalized spacial score (nSPS) is 12.7. The van der Waals surface area contributed by atoms with Crippen molar-refractivity contribution in [2.24, 2.45) is 4.40 Å². The fraction of sp³-hybridized carbons (Fsp3) is 0.0714. The Morgan fingerprint density at radius 3 is 2.14 bits per heavy atom. The summed E-state index contributed by atoms with van der Waals surface area (Å²) in [6.45, 7) is 0. The monoisotopic (exact) mass is 391 g/mol. The molecule has 0 heterocycles. The molecule has 0 fully saturated rings. The van der Waals surface area contributed by atoms with Crippen LogP contribution in [0.1, 0.15) is 11.1 Å². The summed E-state index contributed by atoms with van der Waals surface area (Å²) in [7, 11) is -4.06. The highest BCUT2D eigenvalue weighted by atomic mass is 79.9. The Labute approximate surface area is 133 Å². The van der Waals surface area contributed by atoms with Gasteiger partial charge in [0.2, 0.25) is 0 Å². The van der Waals surface area contributed by atoms with Crippen molar-refractivity contribution in [3.05, 3.63) is 64.1 Å². The number of nitrogens with zero attached hydrogens (tertiary/aromatic N) is 1. The number of rotatable bonds is 3. The molecule has 0 aliphatic rings. The van der Waals surface area contributed by atoms with Gasteiger partial charge in [0, 0.05) is 16.3 Å². The van der Waals surface area contributed by atoms with E-state index < -0.39 is 21.8 Å². The van der Waals surface area contributed by atoms with Crippen molar-refractivity contribution in [1.82, 2.24) is 0 Å². The van der Waals surface area contributed by atoms with Gasteiger partial charge >= 0.3 is 6.18 Å². The lowest BCUT2D eigenvalue weighted by atomic mass is 10.2. The molecular formula is C14H9BrF3NO2S. The topological polar surface area (TPSA) is 46.5 Å². The van der Waals surface area contributed by atoms with E-state index in [9.17, 15) is 21.6 Å². The Morgan fingerprint density at radius 2 is 1.59 bits per heavy atom. The average molecular weight is 392 g/mol. The largest absolute Gasteiger partial charge is 0.416 e. The smallest absolute Gasteiger partial charge is 0.199 e. The van der Waals surface area contributed by atoms with Crippen molar-refractivity contribution in [2.45, 2.75) is 11.1 Å². The third-order valence-corrected chi connectivity index (χ3v) is 4.69. The van der Waals surface area contributed by atoms with Crippen LogP contribution in [0.15, 0.2) is 62.3 Å². The van der Waals surface area contributed by atoms with Gasteiger partial charge in [-0.15, -0.1) is 0 Å². The van der Waals surface area contributed by atoms with Gasteiger partial charge in [0.1, 0.15) is 0 Å². The molecule has 0 unspecified atom stereocenters. The molecule has 2 rings (SSSR count). The molecular weight excluding hydrogens is 383 g/mol. The van der Waals surface area contributed by atoms with Crippen molar-refractivity contribution in [3.8, 4) is 0 Å². The maximum atomic E-state index is 12.4. The van der Waals surface area contributed by atoms with E-state index in [1.165, 1.54) is 0 Å². The Morgan fingerprint density at radius 1 is 1.00 bits per heavy atom. The van der Waals surface area contributed by atoms with Gasteiger partial charge in [-0.1, -0.05) is 34.1 Å². The summed E-state index contributed by atoms with van der Waals surface area (Å²) in [5.41, 5.74) is -0.376. The molecule has 22 heavy (non-hydrogen) atoms. The van der Waals surface area contributed by atoms with E-state index in [-0.39, 0.29) is 4.90 Å². The van der Waals surface area contributed by atoms with Crippen LogP contribution >= 0.6 is 15.9 Å². The minimum Gasteiger partial charge on any atom is -0.199 e. The summed E-state index contributed by atoms with van der Waals surface area (Å²) >= 11 is 3.24. The molecule has 0 saturated carbocycles. The number of sulfonamides is 1. The molecule has 0 aromatic heterocycles. The van der Waals surface area contributed by atoms with Crippen LogP contribution in [-0.4, -0.2) is 14.6 Å². The van der Waals surface area contributed by atoms with Gasteiger partial charge in [0.25, 0.3) is 10.0 Å². The second-order valence-corrected chi connectivity index (χ2v) is 6.74. The summed E-state index contributed by atoms with van der Waals surface area (Å²) in [5.74, 6) is 0. The molecule has 0 aliphatic carbocycles. The number of hydrogen-bond donors (Lipinski definition) is 0. The molecule has 0 N–H and O–H groups in total. The fourth-order valence-electron chi connectivity index (χ4n) is 1.58. The predicted molar refractivity (Wildman–Crippen MR) is 80.4 cm³/mol. The van der Waals surface area contributed by atoms with Crippen LogP contribution in [-0.2, 0) is 16.2 Å². The zero-order valence-corrected chi connectivity index (χ0v) is 13.3. The summed E-state index contributed by atoms with van der Waals surface area (Å²) in [6.07, 6.45) is -3.38. The third kappa shape index (κ3) is 3.95. The molecule has 0 aliphatic heterocycles. The summed E-state index contributed by atoms with van der Waals surface area (Å²) in [4.78, 5) is -0.302. The van der Waals surface area contributed by atoms with Gasteiger partial charge in [-0.05, 0) is 30.3 Å². The number of hydrogen-bond acceptors (Lipinski definition) is 2. The van der Waals surface area contributed by atoms with Crippen molar-refractivity contribution < 1.29 is 21.6 Å². The first kappa shape index (κ1) is 16.7. The first-order valence-corrected chi connectivity index (χ1v) is 8.15. The van der Waals surface area contributed by atoms with E-state index in [4.69, 9.17) is 0 Å². The lowest BCUT2D eigenvalue weighted by Gasteiger charge is -2.06. The molecule has 2 aromatic carbocycles. The van der Waals surface area contributed by atoms with E-state index in [0.717, 1.165) is 18.3 Å². The Balaban J connectivity index is 2.30. The van der Waals surface area contributed by atoms with Crippen molar-refractivity contribution >= 4 is 32.2 Å². The van der Waals surface area contributed by atoms with Crippen molar-refractivity contribution in [2.75, 3.05) is 0 Å². The van der Waals surface area contributed by atoms with Gasteiger partial charge in [-0.3, -0.25) is 0 Å². The lowest BCUT2D eigenvalue weighted by molar-refractivity contribution is -0.137. The summed E-state index contributed by atoms with van der Waals surface area (Å²) < 4.78 is 65.4. The molecule has 8 heteroatoms. The first-order chi connectivity index (χ1) is 10.2. The standard InChI is InChI=1S/C14H9BrF3NO2S/c15-13-4-2-1-3-10(13)9-19-22(20,21)12-7-5-11(6-8-12)14(16,17)18/h1-9H/b19-9+. The quantitative estimate of drug-likeness (QED) is 0.733. The van der Waals surface area contributed by atoms with Gasteiger partial charge in [-0.2, -0.15) is 26.0 Å². The van der Waals surface area contributed by atoms with E-state index in [1.54, 1.807) is 24.3 Å². The summed E-state index contributed by atoms with van der Waals surface area (Å²) in [6, 6.07) is 10.0. The van der Waals surface area contributed by atoms with Gasteiger partial charge in [0.05, 0.1) is 10.5 Å². The molecule has 0 radical (unpaired) electrons. The molecule has 0 saturated heterocycles. The van der Waals surface area contributed by atoms with Crippen LogP contribution in [0, 0.1) is 0 Å². The second-order valence-electron chi connectivity index (χ2n) is 4.25. The Bertz CT molecular complexity index is 800. The maximum Gasteiger partial charge on any atom is 0.416 e. The molecule has 0 amide bonds. The molecule has 2 aromatic rings. The maximum absolute atomic E-state index is 12.4. The van der Waals surface area contributed by atoms with E-state index in [2.05, 4.69) is 20.3 Å². The van der Waals surface area contributed by atoms with Crippen LogP contribution in [0.4, 0.5) is 13.2 Å². The minimum atomic E-state index is -4.51. The molecule has 0 bridgehead atoms. The minimum absolute atomic E-state index is 0.302. The second kappa shape index (κ2) is 6.21. The van der Waals surface area contributed by atoms with Gasteiger partial charge in [0.15, 0.2) is 0 Å². The van der Waals surface area contributed by atoms with Gasteiger partial charge in [-0.25, -0.2) is 0 Å². The van der Waals surface area contributed by atoms with E-state index >= 15 is 0 Å². The van der Waals surface area contributed by atoms with Crippen LogP contribution < -0.4 is 0 Å². The lowest BCUT2D eigenvalue weighted by Crippen LogP contribution is -2.05. The van der Waals surface area contributed by atoms with E-state index in [1.807, 2.05) is 0 Å². The number of halogens is 4. The van der Waals surface area contributed by atoms with Crippen molar-refractivity contribution in [1.29, 1.82) is 0 Å². The zero-order chi connectivity index (χ0) is 16.4. The summed E-state index contributed by atoms with van der Waals surface area (Å²) in [5, 5.41) is 0. The van der Waals surface area contributed by atoms with Crippen molar-refractivity contribution in [3.63, 3.8) is 0 Å². The average Bonchev–Trinajstić information content (AvgIpc) is 2.46. The highest BCUT2D eigenvalue weighted by Gasteiger charge is 2.30. The van der Waals surface area contributed by atoms with E-state index in [0.29, 0.717) is 22.2 Å². The highest BCUT2D eigenvalue weighted by Crippen LogP contribution is 2.30. The molecule has 0 spiro atoms. The first-order valence-electron chi connectivity index (χ1n) is 5.92. The SMILES string of the molecule is O=S(=O)(/N=C/c1ccccc1Br)c1ccc(C(F)(F)F)cc1. The third-order valence-electron chi connectivity index (χ3n) is 2.72. The van der Waals surface area contributed by atoms with Crippen LogP contribution in [0.25, 0.3) is 0 Å². The Kier molecular flexibility index (Phi) is 4.72. The van der Waals surface area contributed by atoms with Crippen LogP contribution in [0.3, 0.4) is 0 Å². The van der Waals surface area contributed by atoms with Crippen LogP contribution in [0.5, 0.6) is 0 Å². The van der Waals surface area contributed by atoms with Gasteiger partial charge < -0.3 is 0 Å². The van der Waals surface area contributed by atoms with Crippen LogP contribution in [0.2, 0.25) is 0 Å². The zero-order valence-electron chi connectivity index (χ0n) is 10.9. The predicted octanol–water partition coefficient (Wildman–Crippen LogP) is 4.28. The number of benzene rings is 2. The molecule has 3 nitrogen and oxygen atoms in total. The molecule has 0 atom stereocenters. The highest BCUT2D eigenvalue weighted by molar-refractivity contribution is 9.10. The Hall–Kier alpha value is -1.67. The number of alkyl halides is 3. The molecule has 116 valence electrons. The fourth-order valence-corrected chi connectivity index (χ4v) is 2.82.